The van der Waals surface area contributed by atoms with Crippen molar-refractivity contribution in [2.45, 2.75) is 19.4 Å². The lowest BCUT2D eigenvalue weighted by atomic mass is 10.00. The largest absolute Gasteiger partial charge is 0.385 e. The topological polar surface area (TPSA) is 32.3 Å². The zero-order valence-electron chi connectivity index (χ0n) is 12.0. The van der Waals surface area contributed by atoms with Crippen LogP contribution in [0.4, 0.5) is 10.1 Å². The van der Waals surface area contributed by atoms with Gasteiger partial charge in [-0.3, -0.25) is 4.79 Å². The number of carbonyl (C=O) groups is 1. The molecule has 1 atom stereocenters. The lowest BCUT2D eigenvalue weighted by Gasteiger charge is -2.34. The maximum atomic E-state index is 13.8. The van der Waals surface area contributed by atoms with Gasteiger partial charge in [-0.05, 0) is 42.5 Å². The number of para-hydroxylation sites is 1. The summed E-state index contributed by atoms with van der Waals surface area (Å²) in [5.74, 6) is -0.521. The molecule has 1 aliphatic heterocycles. The third-order valence-corrected chi connectivity index (χ3v) is 5.03. The van der Waals surface area contributed by atoms with Gasteiger partial charge in [0.1, 0.15) is 5.82 Å². The molecule has 2 heterocycles. The van der Waals surface area contributed by atoms with E-state index in [1.807, 2.05) is 11.8 Å². The van der Waals surface area contributed by atoms with Crippen LogP contribution in [-0.2, 0) is 6.42 Å². The number of carbonyl (C=O) groups excluding carboxylic acids is 1. The predicted molar refractivity (Wildman–Crippen MR) is 83.4 cm³/mol. The molecule has 3 nitrogen and oxygen atoms in total. The molecular formula is C16H17FN2OS. The van der Waals surface area contributed by atoms with Gasteiger partial charge in [0.2, 0.25) is 0 Å². The van der Waals surface area contributed by atoms with Crippen molar-refractivity contribution >= 4 is 22.9 Å². The van der Waals surface area contributed by atoms with E-state index < -0.39 is 5.82 Å². The van der Waals surface area contributed by atoms with Crippen LogP contribution in [-0.4, -0.2) is 24.4 Å². The SMILES string of the molecule is CNc1c(F)cccc1C(=O)N1CCc2sccc2C1C. The lowest BCUT2D eigenvalue weighted by molar-refractivity contribution is 0.0680. The Morgan fingerprint density at radius 1 is 1.43 bits per heavy atom. The van der Waals surface area contributed by atoms with Gasteiger partial charge in [-0.1, -0.05) is 6.07 Å². The average Bonchev–Trinajstić information content (AvgIpc) is 2.96. The molecule has 0 aliphatic carbocycles. The van der Waals surface area contributed by atoms with Crippen molar-refractivity contribution in [1.82, 2.24) is 4.90 Å². The van der Waals surface area contributed by atoms with Crippen molar-refractivity contribution in [2.75, 3.05) is 18.9 Å². The van der Waals surface area contributed by atoms with Gasteiger partial charge < -0.3 is 10.2 Å². The van der Waals surface area contributed by atoms with Gasteiger partial charge in [-0.2, -0.15) is 0 Å². The molecule has 1 aromatic carbocycles. The van der Waals surface area contributed by atoms with E-state index in [1.54, 1.807) is 30.5 Å². The fraction of sp³-hybridized carbons (Fsp3) is 0.312. The third kappa shape index (κ3) is 2.31. The van der Waals surface area contributed by atoms with E-state index in [0.29, 0.717) is 12.1 Å². The Labute approximate surface area is 127 Å². The van der Waals surface area contributed by atoms with E-state index in [-0.39, 0.29) is 17.6 Å². The first-order chi connectivity index (χ1) is 10.1. The van der Waals surface area contributed by atoms with E-state index in [0.717, 1.165) is 6.42 Å². The minimum Gasteiger partial charge on any atom is -0.385 e. The van der Waals surface area contributed by atoms with E-state index >= 15 is 0 Å². The minimum atomic E-state index is -0.399. The van der Waals surface area contributed by atoms with Crippen molar-refractivity contribution in [2.24, 2.45) is 0 Å². The Morgan fingerprint density at radius 3 is 3.00 bits per heavy atom. The Bertz CT molecular complexity index is 683. The van der Waals surface area contributed by atoms with E-state index in [2.05, 4.69) is 16.8 Å². The zero-order valence-corrected chi connectivity index (χ0v) is 12.8. The van der Waals surface area contributed by atoms with Crippen molar-refractivity contribution in [3.63, 3.8) is 0 Å². The van der Waals surface area contributed by atoms with Crippen LogP contribution in [0.15, 0.2) is 29.6 Å². The summed E-state index contributed by atoms with van der Waals surface area (Å²) < 4.78 is 13.8. The van der Waals surface area contributed by atoms with E-state index in [9.17, 15) is 9.18 Å². The number of benzene rings is 1. The summed E-state index contributed by atoms with van der Waals surface area (Å²) in [6, 6.07) is 6.72. The molecule has 5 heteroatoms. The first kappa shape index (κ1) is 14.1. The maximum absolute atomic E-state index is 13.8. The highest BCUT2D eigenvalue weighted by Crippen LogP contribution is 2.34. The second-order valence-electron chi connectivity index (χ2n) is 5.14. The summed E-state index contributed by atoms with van der Waals surface area (Å²) in [4.78, 5) is 16.0. The third-order valence-electron chi connectivity index (χ3n) is 4.03. The molecule has 1 aromatic heterocycles. The predicted octanol–water partition coefficient (Wildman–Crippen LogP) is 3.69. The summed E-state index contributed by atoms with van der Waals surface area (Å²) >= 11 is 1.74. The van der Waals surface area contributed by atoms with Crippen LogP contribution in [0.3, 0.4) is 0 Å². The number of hydrogen-bond acceptors (Lipinski definition) is 3. The monoisotopic (exact) mass is 304 g/mol. The number of rotatable bonds is 2. The Hall–Kier alpha value is -1.88. The van der Waals surface area contributed by atoms with Gasteiger partial charge in [0.25, 0.3) is 5.91 Å². The molecule has 0 radical (unpaired) electrons. The standard InChI is InChI=1S/C16H17FN2OS/c1-10-11-7-9-21-14(11)6-8-19(10)16(20)12-4-3-5-13(17)15(12)18-2/h3-5,7,9-10,18H,6,8H2,1-2H3. The molecular weight excluding hydrogens is 287 g/mol. The van der Waals surface area contributed by atoms with Gasteiger partial charge in [-0.15, -0.1) is 11.3 Å². The first-order valence-corrected chi connectivity index (χ1v) is 7.85. The van der Waals surface area contributed by atoms with Crippen LogP contribution in [0.1, 0.15) is 33.8 Å². The first-order valence-electron chi connectivity index (χ1n) is 6.97. The van der Waals surface area contributed by atoms with Gasteiger partial charge >= 0.3 is 0 Å². The Balaban J connectivity index is 1.95. The van der Waals surface area contributed by atoms with Crippen LogP contribution in [0.5, 0.6) is 0 Å². The maximum Gasteiger partial charge on any atom is 0.256 e. The van der Waals surface area contributed by atoms with Crippen molar-refractivity contribution in [1.29, 1.82) is 0 Å². The number of nitrogens with one attached hydrogen (secondary N) is 1. The lowest BCUT2D eigenvalue weighted by Crippen LogP contribution is -2.38. The molecule has 0 bridgehead atoms. The summed E-state index contributed by atoms with van der Waals surface area (Å²) in [6.07, 6.45) is 0.868. The molecule has 0 saturated heterocycles. The van der Waals surface area contributed by atoms with Crippen molar-refractivity contribution in [3.05, 3.63) is 51.5 Å². The molecule has 1 amide bonds. The molecule has 21 heavy (non-hydrogen) atoms. The van der Waals surface area contributed by atoms with Crippen LogP contribution >= 0.6 is 11.3 Å². The van der Waals surface area contributed by atoms with Crippen LogP contribution < -0.4 is 5.32 Å². The summed E-state index contributed by atoms with van der Waals surface area (Å²) in [7, 11) is 1.63. The molecule has 2 aromatic rings. The number of anilines is 1. The van der Waals surface area contributed by atoms with Crippen LogP contribution in [0.25, 0.3) is 0 Å². The number of thiophene rings is 1. The normalized spacial score (nSPS) is 17.5. The quantitative estimate of drug-likeness (QED) is 0.918. The summed E-state index contributed by atoms with van der Waals surface area (Å²) in [5.41, 5.74) is 1.87. The molecule has 0 fully saturated rings. The van der Waals surface area contributed by atoms with Gasteiger partial charge in [0, 0.05) is 18.5 Å². The smallest absolute Gasteiger partial charge is 0.256 e. The van der Waals surface area contributed by atoms with E-state index in [4.69, 9.17) is 0 Å². The second kappa shape index (κ2) is 5.48. The number of nitrogens with zero attached hydrogens (tertiary/aromatic N) is 1. The summed E-state index contributed by atoms with van der Waals surface area (Å²) in [6.45, 7) is 2.70. The van der Waals surface area contributed by atoms with Crippen LogP contribution in [0, 0.1) is 5.82 Å². The molecule has 0 saturated carbocycles. The van der Waals surface area contributed by atoms with Crippen molar-refractivity contribution < 1.29 is 9.18 Å². The minimum absolute atomic E-state index is 0.0282. The van der Waals surface area contributed by atoms with Gasteiger partial charge in [0.05, 0.1) is 17.3 Å². The average molecular weight is 304 g/mol. The second-order valence-corrected chi connectivity index (χ2v) is 6.14. The van der Waals surface area contributed by atoms with Crippen molar-refractivity contribution in [3.8, 4) is 0 Å². The molecule has 1 N–H and O–H groups in total. The highest BCUT2D eigenvalue weighted by atomic mass is 32.1. The number of halogens is 1. The Morgan fingerprint density at radius 2 is 2.24 bits per heavy atom. The fourth-order valence-corrected chi connectivity index (χ4v) is 3.86. The molecule has 1 aliphatic rings. The number of amides is 1. The van der Waals surface area contributed by atoms with E-state index in [1.165, 1.54) is 16.5 Å². The highest BCUT2D eigenvalue weighted by molar-refractivity contribution is 7.10. The van der Waals surface area contributed by atoms with Gasteiger partial charge in [0.15, 0.2) is 0 Å². The van der Waals surface area contributed by atoms with Gasteiger partial charge in [-0.25, -0.2) is 4.39 Å². The number of hydrogen-bond donors (Lipinski definition) is 1. The van der Waals surface area contributed by atoms with Crippen LogP contribution in [0.2, 0.25) is 0 Å². The zero-order chi connectivity index (χ0) is 15.0. The molecule has 3 rings (SSSR count). The molecule has 0 spiro atoms. The number of fused-ring (bicyclic) bond motifs is 1. The summed E-state index contributed by atoms with van der Waals surface area (Å²) in [5, 5.41) is 4.86. The molecule has 110 valence electrons. The Kier molecular flexibility index (Phi) is 3.68. The fourth-order valence-electron chi connectivity index (χ4n) is 2.90. The highest BCUT2D eigenvalue weighted by Gasteiger charge is 2.30. The molecule has 1 unspecified atom stereocenters.